The highest BCUT2D eigenvalue weighted by Gasteiger charge is 2.09. The Bertz CT molecular complexity index is 693. The van der Waals surface area contributed by atoms with Gasteiger partial charge in [-0.3, -0.25) is 0 Å². The highest BCUT2D eigenvalue weighted by Crippen LogP contribution is 2.15. The quantitative estimate of drug-likeness (QED) is 0.710. The van der Waals surface area contributed by atoms with Gasteiger partial charge in [-0.15, -0.1) is 0 Å². The number of benzene rings is 1. The van der Waals surface area contributed by atoms with Crippen LogP contribution in [0.3, 0.4) is 0 Å². The fraction of sp³-hybridized carbons (Fsp3) is 0.267. The predicted molar refractivity (Wildman–Crippen MR) is 76.4 cm³/mol. The number of imidazole rings is 1. The van der Waals surface area contributed by atoms with Crippen LogP contribution in [0.1, 0.15) is 11.3 Å². The lowest BCUT2D eigenvalue weighted by molar-refractivity contribution is 0.201. The van der Waals surface area contributed by atoms with Gasteiger partial charge in [-0.05, 0) is 5.56 Å². The van der Waals surface area contributed by atoms with Gasteiger partial charge in [0.05, 0.1) is 25.2 Å². The molecule has 5 nitrogen and oxygen atoms in total. The Morgan fingerprint density at radius 2 is 1.95 bits per heavy atom. The molecule has 0 atom stereocenters. The molecule has 3 aromatic rings. The third-order valence-electron chi connectivity index (χ3n) is 3.22. The third kappa shape index (κ3) is 2.53. The number of fused-ring (bicyclic) bond motifs is 1. The number of rotatable bonds is 5. The van der Waals surface area contributed by atoms with Gasteiger partial charge >= 0.3 is 0 Å². The number of ether oxygens (including phenoxy) is 1. The molecule has 0 aliphatic carbocycles. The van der Waals surface area contributed by atoms with Gasteiger partial charge in [0.1, 0.15) is 11.8 Å². The second-order valence-corrected chi connectivity index (χ2v) is 4.59. The molecule has 102 valence electrons. The van der Waals surface area contributed by atoms with Crippen molar-refractivity contribution in [3.63, 3.8) is 0 Å². The van der Waals surface area contributed by atoms with Crippen molar-refractivity contribution >= 4 is 11.2 Å². The van der Waals surface area contributed by atoms with E-state index in [1.54, 1.807) is 13.4 Å². The lowest BCUT2D eigenvalue weighted by Crippen LogP contribution is -2.02. The molecule has 0 aliphatic heterocycles. The summed E-state index contributed by atoms with van der Waals surface area (Å²) in [4.78, 5) is 13.1. The molecule has 5 heteroatoms. The first kappa shape index (κ1) is 12.7. The van der Waals surface area contributed by atoms with Crippen LogP contribution < -0.4 is 0 Å². The van der Waals surface area contributed by atoms with Crippen LogP contribution in [-0.4, -0.2) is 33.2 Å². The SMILES string of the molecule is COCCc1ncnc2c1ncn2Cc1ccccc1. The molecule has 2 heterocycles. The monoisotopic (exact) mass is 268 g/mol. The van der Waals surface area contributed by atoms with E-state index in [4.69, 9.17) is 4.74 Å². The first-order valence-corrected chi connectivity index (χ1v) is 6.56. The van der Waals surface area contributed by atoms with E-state index in [1.165, 1.54) is 5.56 Å². The van der Waals surface area contributed by atoms with Crippen molar-refractivity contribution in [3.8, 4) is 0 Å². The van der Waals surface area contributed by atoms with E-state index in [1.807, 2.05) is 29.1 Å². The molecule has 2 aromatic heterocycles. The van der Waals surface area contributed by atoms with Gasteiger partial charge in [-0.1, -0.05) is 30.3 Å². The number of hydrogen-bond acceptors (Lipinski definition) is 4. The molecule has 0 fully saturated rings. The van der Waals surface area contributed by atoms with Crippen molar-refractivity contribution in [1.82, 2.24) is 19.5 Å². The molecule has 3 rings (SSSR count). The van der Waals surface area contributed by atoms with Crippen molar-refractivity contribution < 1.29 is 4.74 Å². The number of aromatic nitrogens is 4. The molecular weight excluding hydrogens is 252 g/mol. The van der Waals surface area contributed by atoms with E-state index >= 15 is 0 Å². The van der Waals surface area contributed by atoms with Gasteiger partial charge in [-0.2, -0.15) is 0 Å². The molecule has 0 saturated carbocycles. The van der Waals surface area contributed by atoms with Crippen molar-refractivity contribution in [2.24, 2.45) is 0 Å². The molecule has 0 radical (unpaired) electrons. The lowest BCUT2D eigenvalue weighted by atomic mass is 10.2. The summed E-state index contributed by atoms with van der Waals surface area (Å²) in [6.45, 7) is 1.40. The molecule has 1 aromatic carbocycles. The molecule has 20 heavy (non-hydrogen) atoms. The van der Waals surface area contributed by atoms with E-state index in [0.717, 1.165) is 29.8 Å². The first-order chi connectivity index (χ1) is 9.88. The molecule has 0 saturated heterocycles. The average Bonchev–Trinajstić information content (AvgIpc) is 2.90. The minimum atomic E-state index is 0.637. The first-order valence-electron chi connectivity index (χ1n) is 6.56. The van der Waals surface area contributed by atoms with Gasteiger partial charge in [0.2, 0.25) is 0 Å². The lowest BCUT2D eigenvalue weighted by Gasteiger charge is -2.04. The minimum Gasteiger partial charge on any atom is -0.384 e. The Labute approximate surface area is 117 Å². The second-order valence-electron chi connectivity index (χ2n) is 4.59. The number of hydrogen-bond donors (Lipinski definition) is 0. The van der Waals surface area contributed by atoms with Gasteiger partial charge in [0.15, 0.2) is 5.65 Å². The highest BCUT2D eigenvalue weighted by atomic mass is 16.5. The van der Waals surface area contributed by atoms with Crippen molar-refractivity contribution in [2.75, 3.05) is 13.7 Å². The molecule has 0 bridgehead atoms. The fourth-order valence-electron chi connectivity index (χ4n) is 2.21. The van der Waals surface area contributed by atoms with Crippen LogP contribution >= 0.6 is 0 Å². The van der Waals surface area contributed by atoms with E-state index in [2.05, 4.69) is 27.1 Å². The third-order valence-corrected chi connectivity index (χ3v) is 3.22. The smallest absolute Gasteiger partial charge is 0.163 e. The van der Waals surface area contributed by atoms with Crippen LogP contribution in [0.5, 0.6) is 0 Å². The van der Waals surface area contributed by atoms with Crippen molar-refractivity contribution in [3.05, 3.63) is 54.2 Å². The zero-order valence-electron chi connectivity index (χ0n) is 11.4. The summed E-state index contributed by atoms with van der Waals surface area (Å²) < 4.78 is 7.15. The Morgan fingerprint density at radius 3 is 2.75 bits per heavy atom. The summed E-state index contributed by atoms with van der Waals surface area (Å²) in [5.74, 6) is 0. The van der Waals surface area contributed by atoms with E-state index in [0.29, 0.717) is 6.61 Å². The van der Waals surface area contributed by atoms with Crippen LogP contribution in [0, 0.1) is 0 Å². The van der Waals surface area contributed by atoms with Gasteiger partial charge in [-0.25, -0.2) is 15.0 Å². The molecule has 0 N–H and O–H groups in total. The van der Waals surface area contributed by atoms with Crippen LogP contribution in [0.25, 0.3) is 11.2 Å². The summed E-state index contributed by atoms with van der Waals surface area (Å²) in [5.41, 5.74) is 3.89. The number of nitrogens with zero attached hydrogens (tertiary/aromatic N) is 4. The summed E-state index contributed by atoms with van der Waals surface area (Å²) in [6.07, 6.45) is 4.16. The summed E-state index contributed by atoms with van der Waals surface area (Å²) in [5, 5.41) is 0. The average molecular weight is 268 g/mol. The Morgan fingerprint density at radius 1 is 1.10 bits per heavy atom. The Kier molecular flexibility index (Phi) is 3.69. The largest absolute Gasteiger partial charge is 0.384 e. The summed E-state index contributed by atoms with van der Waals surface area (Å²) in [7, 11) is 1.69. The molecule has 0 spiro atoms. The van der Waals surface area contributed by atoms with Gasteiger partial charge in [0.25, 0.3) is 0 Å². The maximum Gasteiger partial charge on any atom is 0.163 e. The number of methoxy groups -OCH3 is 1. The van der Waals surface area contributed by atoms with E-state index < -0.39 is 0 Å². The standard InChI is InChI=1S/C15H16N4O/c1-20-8-7-13-14-15(17-10-16-13)19(11-18-14)9-12-5-3-2-4-6-12/h2-6,10-11H,7-9H2,1H3. The zero-order chi connectivity index (χ0) is 13.8. The molecule has 0 aliphatic rings. The summed E-state index contributed by atoms with van der Waals surface area (Å²) >= 11 is 0. The topological polar surface area (TPSA) is 52.8 Å². The molecule has 0 amide bonds. The normalized spacial score (nSPS) is 11.1. The highest BCUT2D eigenvalue weighted by molar-refractivity contribution is 5.73. The van der Waals surface area contributed by atoms with Gasteiger partial charge in [0, 0.05) is 13.5 Å². The van der Waals surface area contributed by atoms with Crippen LogP contribution in [0.15, 0.2) is 43.0 Å². The maximum absolute atomic E-state index is 5.10. The van der Waals surface area contributed by atoms with E-state index in [-0.39, 0.29) is 0 Å². The Balaban J connectivity index is 1.93. The minimum absolute atomic E-state index is 0.637. The van der Waals surface area contributed by atoms with Crippen molar-refractivity contribution in [1.29, 1.82) is 0 Å². The Hall–Kier alpha value is -2.27. The van der Waals surface area contributed by atoms with Crippen LogP contribution in [0.4, 0.5) is 0 Å². The molecular formula is C15H16N4O. The fourth-order valence-corrected chi connectivity index (χ4v) is 2.21. The second kappa shape index (κ2) is 5.79. The van der Waals surface area contributed by atoms with Crippen molar-refractivity contribution in [2.45, 2.75) is 13.0 Å². The molecule has 0 unspecified atom stereocenters. The van der Waals surface area contributed by atoms with E-state index in [9.17, 15) is 0 Å². The predicted octanol–water partition coefficient (Wildman–Crippen LogP) is 2.06. The van der Waals surface area contributed by atoms with Crippen LogP contribution in [-0.2, 0) is 17.7 Å². The maximum atomic E-state index is 5.10. The van der Waals surface area contributed by atoms with Crippen LogP contribution in [0.2, 0.25) is 0 Å². The summed E-state index contributed by atoms with van der Waals surface area (Å²) in [6, 6.07) is 10.3. The zero-order valence-corrected chi connectivity index (χ0v) is 11.4. The van der Waals surface area contributed by atoms with Gasteiger partial charge < -0.3 is 9.30 Å².